The first-order valence-electron chi connectivity index (χ1n) is 9.19. The van der Waals surface area contributed by atoms with Crippen LogP contribution in [0, 0.1) is 6.92 Å². The number of H-pyrrole nitrogens is 2. The summed E-state index contributed by atoms with van der Waals surface area (Å²) in [6.45, 7) is 2.07. The first kappa shape index (κ1) is 19.9. The molecule has 0 bridgehead atoms. The van der Waals surface area contributed by atoms with Crippen LogP contribution >= 0.6 is 0 Å². The van der Waals surface area contributed by atoms with E-state index in [1.165, 1.54) is 30.5 Å². The number of hydrogen-bond donors (Lipinski definition) is 2. The van der Waals surface area contributed by atoms with Gasteiger partial charge in [-0.3, -0.25) is 9.59 Å². The van der Waals surface area contributed by atoms with E-state index in [0.717, 1.165) is 11.3 Å². The highest BCUT2D eigenvalue weighted by molar-refractivity contribution is 5.87. The van der Waals surface area contributed by atoms with Crippen LogP contribution in [0.2, 0.25) is 0 Å². The Morgan fingerprint density at radius 2 is 2.07 bits per heavy atom. The number of halogens is 3. The maximum Gasteiger partial charge on any atom is 0.573 e. The number of carbonyl (C=O) groups excluding carboxylic acids is 1. The molecule has 10 heteroatoms. The van der Waals surface area contributed by atoms with Crippen LogP contribution in [-0.2, 0) is 17.8 Å². The lowest BCUT2D eigenvalue weighted by Crippen LogP contribution is -2.39. The number of alkyl halides is 3. The Balaban J connectivity index is 1.50. The van der Waals surface area contributed by atoms with Gasteiger partial charge in [0, 0.05) is 59.6 Å². The van der Waals surface area contributed by atoms with Crippen LogP contribution in [0.1, 0.15) is 17.0 Å². The monoisotopic (exact) mass is 421 g/mol. The highest BCUT2D eigenvalue weighted by Gasteiger charge is 2.31. The first-order chi connectivity index (χ1) is 14.2. The van der Waals surface area contributed by atoms with E-state index in [1.807, 2.05) is 0 Å². The molecule has 0 aliphatic carbocycles. The van der Waals surface area contributed by atoms with Crippen molar-refractivity contribution in [1.82, 2.24) is 14.9 Å². The number of aromatic amines is 2. The summed E-state index contributed by atoms with van der Waals surface area (Å²) in [5, 5.41) is 0.570. The number of pyridine rings is 1. The van der Waals surface area contributed by atoms with Crippen molar-refractivity contribution in [3.63, 3.8) is 0 Å². The fourth-order valence-corrected chi connectivity index (χ4v) is 3.51. The maximum atomic E-state index is 12.6. The van der Waals surface area contributed by atoms with Gasteiger partial charge in [0.25, 0.3) is 5.91 Å². The third-order valence-corrected chi connectivity index (χ3v) is 4.91. The number of aromatic nitrogens is 2. The van der Waals surface area contributed by atoms with E-state index in [-0.39, 0.29) is 36.0 Å². The van der Waals surface area contributed by atoms with E-state index in [4.69, 9.17) is 4.74 Å². The minimum atomic E-state index is -4.78. The standard InChI is InChI=1S/C20H18F3N3O4/c1-11-6-17(27)18(8-24-11)29-10-19(28)26-5-4-16-14(9-26)13-7-12(30-20(21,22)23)2-3-15(13)25-16/h2-3,6-8,25H,4-5,9-10H2,1H3,(H,24,27). The fraction of sp³-hybridized carbons (Fsp3) is 0.300. The van der Waals surface area contributed by atoms with Gasteiger partial charge in [-0.15, -0.1) is 13.2 Å². The molecule has 2 N–H and O–H groups in total. The molecule has 2 aromatic heterocycles. The number of fused-ring (bicyclic) bond motifs is 3. The smallest absolute Gasteiger partial charge is 0.478 e. The van der Waals surface area contributed by atoms with Gasteiger partial charge in [-0.2, -0.15) is 0 Å². The Hall–Kier alpha value is -3.43. The number of nitrogens with one attached hydrogen (secondary N) is 2. The molecule has 1 aromatic carbocycles. The zero-order chi connectivity index (χ0) is 21.5. The number of nitrogens with zero attached hydrogens (tertiary/aromatic N) is 1. The second kappa shape index (κ2) is 7.43. The quantitative estimate of drug-likeness (QED) is 0.678. The van der Waals surface area contributed by atoms with Crippen LogP contribution < -0.4 is 14.9 Å². The topological polar surface area (TPSA) is 87.4 Å². The molecule has 0 fully saturated rings. The van der Waals surface area contributed by atoms with Crippen LogP contribution in [0.4, 0.5) is 13.2 Å². The van der Waals surface area contributed by atoms with E-state index in [2.05, 4.69) is 14.7 Å². The Morgan fingerprint density at radius 1 is 1.27 bits per heavy atom. The number of amides is 1. The lowest BCUT2D eigenvalue weighted by Gasteiger charge is -2.27. The normalized spacial score (nSPS) is 13.9. The van der Waals surface area contributed by atoms with Gasteiger partial charge in [0.1, 0.15) is 5.75 Å². The largest absolute Gasteiger partial charge is 0.573 e. The molecule has 158 valence electrons. The molecule has 0 spiro atoms. The summed E-state index contributed by atoms with van der Waals surface area (Å²) in [4.78, 5) is 32.0. The summed E-state index contributed by atoms with van der Waals surface area (Å²) in [6.07, 6.45) is -2.85. The molecule has 3 aromatic rings. The Labute approximate surface area is 168 Å². The summed E-state index contributed by atoms with van der Waals surface area (Å²) in [5.74, 6) is -0.590. The van der Waals surface area contributed by atoms with Gasteiger partial charge < -0.3 is 24.3 Å². The molecule has 4 rings (SSSR count). The van der Waals surface area contributed by atoms with Gasteiger partial charge in [-0.25, -0.2) is 0 Å². The highest BCUT2D eigenvalue weighted by atomic mass is 19.4. The van der Waals surface area contributed by atoms with Gasteiger partial charge in [0.15, 0.2) is 12.4 Å². The number of hydrogen-bond acceptors (Lipinski definition) is 4. The molecular weight excluding hydrogens is 403 g/mol. The second-order valence-corrected chi connectivity index (χ2v) is 7.04. The predicted octanol–water partition coefficient (Wildman–Crippen LogP) is 3.03. The minimum Gasteiger partial charge on any atom is -0.478 e. The van der Waals surface area contributed by atoms with E-state index >= 15 is 0 Å². The SMILES string of the molecule is Cc1cc(=O)c(OCC(=O)N2CCc3[nH]c4ccc(OC(F)(F)F)cc4c3C2)c[nH]1. The van der Waals surface area contributed by atoms with Crippen molar-refractivity contribution in [2.75, 3.05) is 13.2 Å². The van der Waals surface area contributed by atoms with Crippen LogP contribution in [0.5, 0.6) is 11.5 Å². The molecule has 0 radical (unpaired) electrons. The number of benzene rings is 1. The maximum absolute atomic E-state index is 12.6. The molecule has 0 saturated carbocycles. The number of carbonyl (C=O) groups is 1. The van der Waals surface area contributed by atoms with Crippen LogP contribution in [-0.4, -0.2) is 40.3 Å². The van der Waals surface area contributed by atoms with Crippen LogP contribution in [0.3, 0.4) is 0 Å². The Bertz CT molecular complexity index is 1170. The number of ether oxygens (including phenoxy) is 2. The summed E-state index contributed by atoms with van der Waals surface area (Å²) in [6, 6.07) is 5.45. The van der Waals surface area contributed by atoms with Crippen molar-refractivity contribution in [1.29, 1.82) is 0 Å². The van der Waals surface area contributed by atoms with Crippen LogP contribution in [0.15, 0.2) is 35.3 Å². The third-order valence-electron chi connectivity index (χ3n) is 4.91. The van der Waals surface area contributed by atoms with E-state index in [9.17, 15) is 22.8 Å². The van der Waals surface area contributed by atoms with Crippen molar-refractivity contribution in [2.45, 2.75) is 26.3 Å². The van der Waals surface area contributed by atoms with Crippen LogP contribution in [0.25, 0.3) is 10.9 Å². The zero-order valence-electron chi connectivity index (χ0n) is 15.9. The minimum absolute atomic E-state index is 0.0488. The predicted molar refractivity (Wildman–Crippen MR) is 101 cm³/mol. The number of aryl methyl sites for hydroxylation is 1. The molecule has 1 aliphatic rings. The van der Waals surface area contributed by atoms with E-state index in [1.54, 1.807) is 11.8 Å². The third kappa shape index (κ3) is 4.12. The molecule has 3 heterocycles. The van der Waals surface area contributed by atoms with Crippen molar-refractivity contribution >= 4 is 16.8 Å². The molecule has 1 amide bonds. The Morgan fingerprint density at radius 3 is 2.80 bits per heavy atom. The summed E-state index contributed by atoms with van der Waals surface area (Å²) in [5.41, 5.74) is 2.63. The molecule has 1 aliphatic heterocycles. The van der Waals surface area contributed by atoms with Crippen molar-refractivity contribution in [3.8, 4) is 11.5 Å². The molecule has 0 saturated heterocycles. The molecular formula is C20H18F3N3O4. The molecule has 0 unspecified atom stereocenters. The van der Waals surface area contributed by atoms with Gasteiger partial charge in [0.2, 0.25) is 5.43 Å². The lowest BCUT2D eigenvalue weighted by atomic mass is 10.0. The Kier molecular flexibility index (Phi) is 4.92. The summed E-state index contributed by atoms with van der Waals surface area (Å²) in [7, 11) is 0. The second-order valence-electron chi connectivity index (χ2n) is 7.04. The van der Waals surface area contributed by atoms with Gasteiger partial charge in [0.05, 0.1) is 0 Å². The molecule has 30 heavy (non-hydrogen) atoms. The van der Waals surface area contributed by atoms with Gasteiger partial charge in [-0.1, -0.05) is 0 Å². The average Bonchev–Trinajstić information content (AvgIpc) is 3.03. The van der Waals surface area contributed by atoms with Crippen molar-refractivity contribution in [2.24, 2.45) is 0 Å². The highest BCUT2D eigenvalue weighted by Crippen LogP contribution is 2.32. The lowest BCUT2D eigenvalue weighted by molar-refractivity contribution is -0.274. The number of rotatable bonds is 4. The van der Waals surface area contributed by atoms with E-state index in [0.29, 0.717) is 29.6 Å². The zero-order valence-corrected chi connectivity index (χ0v) is 15.9. The van der Waals surface area contributed by atoms with Gasteiger partial charge in [-0.05, 0) is 25.1 Å². The average molecular weight is 421 g/mol. The first-order valence-corrected chi connectivity index (χ1v) is 9.19. The van der Waals surface area contributed by atoms with E-state index < -0.39 is 6.36 Å². The van der Waals surface area contributed by atoms with Crippen molar-refractivity contribution in [3.05, 3.63) is 57.6 Å². The fourth-order valence-electron chi connectivity index (χ4n) is 3.51. The van der Waals surface area contributed by atoms with Gasteiger partial charge >= 0.3 is 6.36 Å². The summed E-state index contributed by atoms with van der Waals surface area (Å²) < 4.78 is 46.9. The summed E-state index contributed by atoms with van der Waals surface area (Å²) >= 11 is 0. The van der Waals surface area contributed by atoms with Crippen molar-refractivity contribution < 1.29 is 27.4 Å². The molecule has 0 atom stereocenters. The molecule has 7 nitrogen and oxygen atoms in total.